The predicted octanol–water partition coefficient (Wildman–Crippen LogP) is 8.51. The highest BCUT2D eigenvalue weighted by atomic mass is 79.9. The number of unbranched alkanes of at least 4 members (excludes halogenated alkanes) is 2. The summed E-state index contributed by atoms with van der Waals surface area (Å²) in [6, 6.07) is 6.11. The number of amides is 1. The van der Waals surface area contributed by atoms with E-state index < -0.39 is 102 Å². The Labute approximate surface area is 447 Å². The Morgan fingerprint density at radius 2 is 1.65 bits per heavy atom. The van der Waals surface area contributed by atoms with Gasteiger partial charge in [0.15, 0.2) is 6.10 Å². The number of allylic oxidation sites excluding steroid dienone is 4. The molecule has 1 aliphatic carbocycles. The van der Waals surface area contributed by atoms with Gasteiger partial charge in [-0.1, -0.05) is 72.6 Å². The Morgan fingerprint density at radius 3 is 2.31 bits per heavy atom. The summed E-state index contributed by atoms with van der Waals surface area (Å²) in [5.41, 5.74) is 2.18. The number of nitrogens with zero attached hydrogens (tertiary/aromatic N) is 1. The molecular formula is C58H82BrNO14. The second kappa shape index (κ2) is 28.9. The summed E-state index contributed by atoms with van der Waals surface area (Å²) in [6.45, 7) is 13.3. The molecular weight excluding hydrogens is 1010 g/mol. The average Bonchev–Trinajstić information content (AvgIpc) is 3.38. The number of hydrogen-bond donors (Lipinski definition) is 2. The molecule has 1 aromatic rings. The summed E-state index contributed by atoms with van der Waals surface area (Å²) < 4.78 is 43.7. The topological polar surface area (TPSA) is 194 Å². The highest BCUT2D eigenvalue weighted by Crippen LogP contribution is 2.40. The fraction of sp³-hybridized carbons (Fsp3) is 0.672. The lowest BCUT2D eigenvalue weighted by molar-refractivity contribution is -0.302. The Morgan fingerprint density at radius 1 is 0.959 bits per heavy atom. The third-order valence-corrected chi connectivity index (χ3v) is 16.0. The zero-order valence-electron chi connectivity index (χ0n) is 44.8. The van der Waals surface area contributed by atoms with Gasteiger partial charge in [0.1, 0.15) is 24.0 Å². The number of halogens is 1. The van der Waals surface area contributed by atoms with Gasteiger partial charge in [-0.05, 0) is 126 Å². The molecule has 3 heterocycles. The van der Waals surface area contributed by atoms with Crippen molar-refractivity contribution >= 4 is 45.3 Å². The molecule has 410 valence electrons. The summed E-state index contributed by atoms with van der Waals surface area (Å²) in [5.74, 6) is -6.10. The van der Waals surface area contributed by atoms with Crippen molar-refractivity contribution < 1.29 is 67.3 Å². The SMILES string of the molecule is C#CCCCCOC(=O)[C@H](O[C@@H]1CC[C@@H](/C=C(\C)[C@H]2OC(=O)[C@@H]3CCCCN3C(=O)C(=O)[C@]3(O)O[C@H]([C@@H](OC)C[C@@H](C)C/C(C)=C/[C@@H](CC=C)C(=O)C[C@H](O)[C@H]2C)[C@@H](OC)C[C@H]3C)C[C@H]1OC)c1ccc(Br)cc1. The van der Waals surface area contributed by atoms with Crippen molar-refractivity contribution in [1.82, 2.24) is 4.90 Å². The number of carbonyl (C=O) groups is 5. The van der Waals surface area contributed by atoms with E-state index in [-0.39, 0.29) is 50.0 Å². The summed E-state index contributed by atoms with van der Waals surface area (Å²) in [5, 5.41) is 24.2. The van der Waals surface area contributed by atoms with Crippen LogP contribution in [0.4, 0.5) is 0 Å². The van der Waals surface area contributed by atoms with Gasteiger partial charge in [-0.2, -0.15) is 0 Å². The van der Waals surface area contributed by atoms with Crippen molar-refractivity contribution in [2.45, 2.75) is 185 Å². The number of fused-ring (bicyclic) bond motifs is 3. The van der Waals surface area contributed by atoms with Crippen LogP contribution in [0.3, 0.4) is 0 Å². The molecule has 0 unspecified atom stereocenters. The molecule has 0 aromatic heterocycles. The summed E-state index contributed by atoms with van der Waals surface area (Å²) >= 11 is 3.47. The van der Waals surface area contributed by atoms with Crippen molar-refractivity contribution in [3.8, 4) is 12.3 Å². The van der Waals surface area contributed by atoms with Crippen LogP contribution in [0.5, 0.6) is 0 Å². The summed E-state index contributed by atoms with van der Waals surface area (Å²) in [4.78, 5) is 72.6. The number of Topliss-reactive ketones (excluding diaryl/α,β-unsaturated/α-hetero) is 2. The number of terminal acetylenes is 1. The zero-order chi connectivity index (χ0) is 54.3. The van der Waals surface area contributed by atoms with E-state index in [0.29, 0.717) is 75.3 Å². The average molecular weight is 1100 g/mol. The number of hydrogen-bond acceptors (Lipinski definition) is 14. The number of methoxy groups -OCH3 is 3. The first-order valence-corrected chi connectivity index (χ1v) is 27.3. The van der Waals surface area contributed by atoms with Gasteiger partial charge in [-0.15, -0.1) is 18.9 Å². The molecule has 74 heavy (non-hydrogen) atoms. The quantitative estimate of drug-likeness (QED) is 0.0558. The maximum atomic E-state index is 14.7. The Kier molecular flexibility index (Phi) is 23.8. The predicted molar refractivity (Wildman–Crippen MR) is 282 cm³/mol. The fourth-order valence-electron chi connectivity index (χ4n) is 11.2. The summed E-state index contributed by atoms with van der Waals surface area (Å²) in [6.07, 6.45) is 10.6. The number of carbonyl (C=O) groups excluding carboxylic acids is 5. The lowest BCUT2D eigenvalue weighted by Gasteiger charge is -2.47. The first kappa shape index (κ1) is 60.8. The number of ketones is 2. The van der Waals surface area contributed by atoms with Crippen LogP contribution >= 0.6 is 15.9 Å². The van der Waals surface area contributed by atoms with Crippen LogP contribution in [-0.4, -0.2) is 134 Å². The van der Waals surface area contributed by atoms with Gasteiger partial charge in [0.05, 0.1) is 37.1 Å². The third kappa shape index (κ3) is 15.8. The number of aliphatic hydroxyl groups excluding tert-OH is 1. The van der Waals surface area contributed by atoms with Gasteiger partial charge >= 0.3 is 11.9 Å². The number of benzene rings is 1. The third-order valence-electron chi connectivity index (χ3n) is 15.5. The highest BCUT2D eigenvalue weighted by molar-refractivity contribution is 9.10. The molecule has 0 radical (unpaired) electrons. The van der Waals surface area contributed by atoms with Crippen molar-refractivity contribution in [2.75, 3.05) is 34.5 Å². The Balaban J connectivity index is 1.47. The second-order valence-electron chi connectivity index (χ2n) is 21.1. The van der Waals surface area contributed by atoms with Crippen LogP contribution in [0.2, 0.25) is 0 Å². The van der Waals surface area contributed by atoms with Crippen LogP contribution in [-0.2, 0) is 57.1 Å². The summed E-state index contributed by atoms with van der Waals surface area (Å²) in [7, 11) is 4.64. The molecule has 15 atom stereocenters. The van der Waals surface area contributed by atoms with E-state index in [1.165, 1.54) is 19.1 Å². The van der Waals surface area contributed by atoms with Crippen LogP contribution in [0.25, 0.3) is 0 Å². The van der Waals surface area contributed by atoms with Crippen LogP contribution in [0.1, 0.15) is 136 Å². The fourth-order valence-corrected chi connectivity index (χ4v) is 11.5. The molecule has 1 amide bonds. The minimum atomic E-state index is -2.55. The number of cyclic esters (lactones) is 1. The molecule has 3 fully saturated rings. The van der Waals surface area contributed by atoms with Gasteiger partial charge < -0.3 is 48.3 Å². The monoisotopic (exact) mass is 1100 g/mol. The minimum Gasteiger partial charge on any atom is -0.464 e. The number of aliphatic hydroxyl groups is 2. The van der Waals surface area contributed by atoms with Crippen LogP contribution in [0, 0.1) is 41.9 Å². The molecule has 1 saturated carbocycles. The molecule has 0 spiro atoms. The lowest BCUT2D eigenvalue weighted by atomic mass is 9.81. The van der Waals surface area contributed by atoms with E-state index in [9.17, 15) is 34.2 Å². The molecule has 2 saturated heterocycles. The maximum absolute atomic E-state index is 14.7. The molecule has 1 aromatic carbocycles. The Bertz CT molecular complexity index is 2170. The normalized spacial score (nSPS) is 34.5. The maximum Gasteiger partial charge on any atom is 0.339 e. The van der Waals surface area contributed by atoms with Gasteiger partial charge in [0.2, 0.25) is 5.79 Å². The van der Waals surface area contributed by atoms with Crippen molar-refractivity contribution in [3.63, 3.8) is 0 Å². The van der Waals surface area contributed by atoms with Crippen LogP contribution < -0.4 is 0 Å². The van der Waals surface area contributed by atoms with E-state index in [1.807, 2.05) is 57.2 Å². The molecule has 3 aliphatic heterocycles. The molecule has 15 nitrogen and oxygen atoms in total. The van der Waals surface area contributed by atoms with Gasteiger partial charge in [0.25, 0.3) is 11.7 Å². The number of rotatable bonds is 15. The van der Waals surface area contributed by atoms with E-state index in [2.05, 4.69) is 28.4 Å². The molecule has 5 rings (SSSR count). The first-order valence-electron chi connectivity index (χ1n) is 26.5. The van der Waals surface area contributed by atoms with Crippen LogP contribution in [0.15, 0.2) is 64.7 Å². The number of esters is 2. The molecule has 16 heteroatoms. The van der Waals surface area contributed by atoms with Gasteiger partial charge in [-0.25, -0.2) is 9.59 Å². The number of piperidine rings is 1. The molecule has 2 bridgehead atoms. The van der Waals surface area contributed by atoms with Crippen molar-refractivity contribution in [1.29, 1.82) is 0 Å². The van der Waals surface area contributed by atoms with E-state index in [1.54, 1.807) is 27.0 Å². The van der Waals surface area contributed by atoms with E-state index >= 15 is 0 Å². The molecule has 4 aliphatic rings. The first-order chi connectivity index (χ1) is 35.3. The van der Waals surface area contributed by atoms with Crippen molar-refractivity contribution in [2.24, 2.45) is 29.6 Å². The van der Waals surface area contributed by atoms with Gasteiger partial charge in [-0.3, -0.25) is 14.4 Å². The highest BCUT2D eigenvalue weighted by Gasteiger charge is 2.56. The molecule has 2 N–H and O–H groups in total. The second-order valence-corrected chi connectivity index (χ2v) is 22.1. The standard InChI is InChI=1S/C58H82BrNO14/c1-11-13-14-17-27-71-57(66)52(41-21-23-43(59)24-22-41)72-47-25-20-40(33-48(47)68-8)31-37(5)51-39(7)45(61)34-46(62)42(18-12-2)29-35(3)28-36(4)30-49(69-9)53-50(70-10)32-38(6)58(67,74-53)54(63)55(64)60-26-16-15-19-44(60)56(65)73-51/h1,12,21-24,29,31,36,38-40,42,44-45,47-53,61,67H,2,13-20,25-28,30,32-34H2,3-10H3/b35-29+,37-31+/t36-,38+,39+,40-,42+,44-,45-,47+,48+,49-,50-,51+,52+,53+,58+/m0/s1. The van der Waals surface area contributed by atoms with Gasteiger partial charge in [0, 0.05) is 62.9 Å². The van der Waals surface area contributed by atoms with E-state index in [4.69, 9.17) is 39.6 Å². The lowest BCUT2D eigenvalue weighted by Crippen LogP contribution is -2.64. The minimum absolute atomic E-state index is 0.0198. The largest absolute Gasteiger partial charge is 0.464 e. The zero-order valence-corrected chi connectivity index (χ0v) is 46.4. The van der Waals surface area contributed by atoms with Crippen molar-refractivity contribution in [3.05, 3.63) is 70.3 Å². The van der Waals surface area contributed by atoms with E-state index in [0.717, 1.165) is 16.5 Å². The Hall–Kier alpha value is -4.05. The smallest absolute Gasteiger partial charge is 0.339 e. The number of ether oxygens (including phenoxy) is 7.